The second-order valence-electron chi connectivity index (χ2n) is 4.66. The molecule has 2 rings (SSSR count). The summed E-state index contributed by atoms with van der Waals surface area (Å²) in [7, 11) is 1.93. The van der Waals surface area contributed by atoms with Gasteiger partial charge in [-0.3, -0.25) is 0 Å². The van der Waals surface area contributed by atoms with Crippen LogP contribution in [0.4, 0.5) is 11.8 Å². The van der Waals surface area contributed by atoms with Gasteiger partial charge in [0.05, 0.1) is 12.7 Å². The Kier molecular flexibility index (Phi) is 4.84. The van der Waals surface area contributed by atoms with Gasteiger partial charge in [0.15, 0.2) is 5.82 Å². The quantitative estimate of drug-likeness (QED) is 0.884. The molecule has 0 spiro atoms. The average Bonchev–Trinajstić information content (AvgIpc) is 2.83. The van der Waals surface area contributed by atoms with Crippen LogP contribution in [-0.4, -0.2) is 23.6 Å². The van der Waals surface area contributed by atoms with E-state index in [1.54, 1.807) is 6.20 Å². The van der Waals surface area contributed by atoms with Gasteiger partial charge in [0, 0.05) is 13.6 Å². The van der Waals surface area contributed by atoms with Gasteiger partial charge < -0.3 is 14.6 Å². The largest absolute Gasteiger partial charge is 0.464 e. The molecule has 0 unspecified atom stereocenters. The van der Waals surface area contributed by atoms with Crippen molar-refractivity contribution in [2.75, 3.05) is 23.8 Å². The van der Waals surface area contributed by atoms with Crippen LogP contribution in [0.3, 0.4) is 0 Å². The highest BCUT2D eigenvalue weighted by Gasteiger charge is 2.12. The molecule has 0 radical (unpaired) electrons. The van der Waals surface area contributed by atoms with E-state index in [2.05, 4.69) is 22.2 Å². The van der Waals surface area contributed by atoms with Gasteiger partial charge in [-0.1, -0.05) is 18.5 Å². The Labute approximate surface area is 124 Å². The molecular weight excluding hydrogens is 276 g/mol. The molecule has 0 saturated heterocycles. The third kappa shape index (κ3) is 3.63. The van der Waals surface area contributed by atoms with Gasteiger partial charge in [-0.15, -0.1) is 0 Å². The smallest absolute Gasteiger partial charge is 0.224 e. The summed E-state index contributed by atoms with van der Waals surface area (Å²) in [6.07, 6.45) is 2.63. The molecule has 5 nitrogen and oxygen atoms in total. The molecule has 1 N–H and O–H groups in total. The number of halogens is 1. The van der Waals surface area contributed by atoms with Crippen LogP contribution in [0.2, 0.25) is 5.02 Å². The maximum atomic E-state index is 6.17. The third-order valence-corrected chi connectivity index (χ3v) is 3.08. The molecular formula is C14H19ClN4O. The van der Waals surface area contributed by atoms with Crippen LogP contribution in [0.15, 0.2) is 22.7 Å². The minimum atomic E-state index is 0.526. The van der Waals surface area contributed by atoms with Crippen LogP contribution >= 0.6 is 11.6 Å². The molecule has 2 aromatic heterocycles. The summed E-state index contributed by atoms with van der Waals surface area (Å²) in [5.41, 5.74) is 0. The second-order valence-corrected chi connectivity index (χ2v) is 5.07. The van der Waals surface area contributed by atoms with Crippen LogP contribution in [0, 0.1) is 6.92 Å². The SMILES string of the molecule is CCCNc1ncc(Cl)c(N(C)Cc2ccc(C)o2)n1. The van der Waals surface area contributed by atoms with Crippen molar-refractivity contribution >= 4 is 23.4 Å². The standard InChI is InChI=1S/C14H19ClN4O/c1-4-7-16-14-17-8-12(15)13(18-14)19(3)9-11-6-5-10(2)20-11/h5-6,8H,4,7,9H2,1-3H3,(H,16,17,18). The van der Waals surface area contributed by atoms with Crippen LogP contribution in [0.5, 0.6) is 0 Å². The molecule has 0 saturated carbocycles. The van der Waals surface area contributed by atoms with E-state index in [1.165, 1.54) is 0 Å². The molecule has 0 atom stereocenters. The first kappa shape index (κ1) is 14.7. The van der Waals surface area contributed by atoms with Crippen molar-refractivity contribution in [3.05, 3.63) is 34.9 Å². The van der Waals surface area contributed by atoms with E-state index in [-0.39, 0.29) is 0 Å². The number of aryl methyl sites for hydroxylation is 1. The van der Waals surface area contributed by atoms with E-state index in [9.17, 15) is 0 Å². The highest BCUT2D eigenvalue weighted by atomic mass is 35.5. The Morgan fingerprint density at radius 1 is 1.40 bits per heavy atom. The highest BCUT2D eigenvalue weighted by molar-refractivity contribution is 6.32. The molecule has 0 aliphatic rings. The number of rotatable bonds is 6. The number of aromatic nitrogens is 2. The fraction of sp³-hybridized carbons (Fsp3) is 0.429. The number of nitrogens with one attached hydrogen (secondary N) is 1. The maximum Gasteiger partial charge on any atom is 0.224 e. The summed E-state index contributed by atoms with van der Waals surface area (Å²) in [5, 5.41) is 3.68. The second kappa shape index (κ2) is 6.61. The van der Waals surface area contributed by atoms with Crippen molar-refractivity contribution in [2.24, 2.45) is 0 Å². The summed E-state index contributed by atoms with van der Waals surface area (Å²) in [6, 6.07) is 3.90. The van der Waals surface area contributed by atoms with Gasteiger partial charge in [-0.2, -0.15) is 4.98 Å². The molecule has 0 amide bonds. The van der Waals surface area contributed by atoms with E-state index >= 15 is 0 Å². The van der Waals surface area contributed by atoms with Gasteiger partial charge in [-0.25, -0.2) is 4.98 Å². The van der Waals surface area contributed by atoms with Gasteiger partial charge >= 0.3 is 0 Å². The minimum absolute atomic E-state index is 0.526. The zero-order valence-corrected chi connectivity index (χ0v) is 12.7. The molecule has 0 aliphatic heterocycles. The van der Waals surface area contributed by atoms with E-state index in [0.29, 0.717) is 23.3 Å². The lowest BCUT2D eigenvalue weighted by molar-refractivity contribution is 0.481. The maximum absolute atomic E-state index is 6.17. The monoisotopic (exact) mass is 294 g/mol. The van der Waals surface area contributed by atoms with Crippen molar-refractivity contribution in [2.45, 2.75) is 26.8 Å². The van der Waals surface area contributed by atoms with Crippen molar-refractivity contribution < 1.29 is 4.42 Å². The predicted molar refractivity (Wildman–Crippen MR) is 81.4 cm³/mol. The lowest BCUT2D eigenvalue weighted by Gasteiger charge is -2.18. The fourth-order valence-electron chi connectivity index (χ4n) is 1.83. The Morgan fingerprint density at radius 3 is 2.85 bits per heavy atom. The summed E-state index contributed by atoms with van der Waals surface area (Å²) in [6.45, 7) is 5.46. The van der Waals surface area contributed by atoms with Crippen LogP contribution < -0.4 is 10.2 Å². The van der Waals surface area contributed by atoms with Gasteiger partial charge in [0.25, 0.3) is 0 Å². The Balaban J connectivity index is 2.13. The van der Waals surface area contributed by atoms with Crippen molar-refractivity contribution in [1.82, 2.24) is 9.97 Å². The Hall–Kier alpha value is -1.75. The van der Waals surface area contributed by atoms with Crippen molar-refractivity contribution in [1.29, 1.82) is 0 Å². The highest BCUT2D eigenvalue weighted by Crippen LogP contribution is 2.24. The molecule has 108 valence electrons. The van der Waals surface area contributed by atoms with Crippen molar-refractivity contribution in [3.8, 4) is 0 Å². The van der Waals surface area contributed by atoms with E-state index in [1.807, 2.05) is 31.0 Å². The van der Waals surface area contributed by atoms with Crippen molar-refractivity contribution in [3.63, 3.8) is 0 Å². The van der Waals surface area contributed by atoms with Crippen LogP contribution in [-0.2, 0) is 6.54 Å². The number of hydrogen-bond acceptors (Lipinski definition) is 5. The van der Waals surface area contributed by atoms with Gasteiger partial charge in [0.2, 0.25) is 5.95 Å². The molecule has 6 heteroatoms. The Morgan fingerprint density at radius 2 is 2.20 bits per heavy atom. The first-order valence-electron chi connectivity index (χ1n) is 6.63. The number of nitrogens with zero attached hydrogens (tertiary/aromatic N) is 3. The van der Waals surface area contributed by atoms with Crippen LogP contribution in [0.25, 0.3) is 0 Å². The first-order valence-corrected chi connectivity index (χ1v) is 7.00. The summed E-state index contributed by atoms with van der Waals surface area (Å²) < 4.78 is 5.57. The normalized spacial score (nSPS) is 10.6. The van der Waals surface area contributed by atoms with Gasteiger partial charge in [-0.05, 0) is 25.5 Å². The van der Waals surface area contributed by atoms with Crippen LogP contribution in [0.1, 0.15) is 24.9 Å². The van der Waals surface area contributed by atoms with Gasteiger partial charge in [0.1, 0.15) is 16.5 Å². The Bertz CT molecular complexity index is 570. The van der Waals surface area contributed by atoms with E-state index in [4.69, 9.17) is 16.0 Å². The zero-order valence-electron chi connectivity index (χ0n) is 12.0. The molecule has 0 fully saturated rings. The molecule has 20 heavy (non-hydrogen) atoms. The van der Waals surface area contributed by atoms with E-state index in [0.717, 1.165) is 24.5 Å². The molecule has 2 heterocycles. The summed E-state index contributed by atoms with van der Waals surface area (Å²) in [5.74, 6) is 3.05. The average molecular weight is 295 g/mol. The summed E-state index contributed by atoms with van der Waals surface area (Å²) >= 11 is 6.17. The lowest BCUT2D eigenvalue weighted by Crippen LogP contribution is -2.19. The molecule has 0 aliphatic carbocycles. The lowest BCUT2D eigenvalue weighted by atomic mass is 10.4. The first-order chi connectivity index (χ1) is 9.60. The number of furan rings is 1. The minimum Gasteiger partial charge on any atom is -0.464 e. The molecule has 0 aromatic carbocycles. The molecule has 2 aromatic rings. The molecule has 0 bridgehead atoms. The number of anilines is 2. The zero-order chi connectivity index (χ0) is 14.5. The summed E-state index contributed by atoms with van der Waals surface area (Å²) in [4.78, 5) is 10.6. The fourth-order valence-corrected chi connectivity index (χ4v) is 2.06. The van der Waals surface area contributed by atoms with E-state index < -0.39 is 0 Å². The number of hydrogen-bond donors (Lipinski definition) is 1. The topological polar surface area (TPSA) is 54.2 Å². The predicted octanol–water partition coefficient (Wildman–Crippen LogP) is 3.49. The third-order valence-electron chi connectivity index (χ3n) is 2.81.